The van der Waals surface area contributed by atoms with E-state index in [4.69, 9.17) is 0 Å². The van der Waals surface area contributed by atoms with E-state index in [1.165, 1.54) is 18.4 Å². The van der Waals surface area contributed by atoms with Crippen molar-refractivity contribution in [2.24, 2.45) is 5.41 Å². The number of amides is 1. The maximum Gasteiger partial charge on any atom is 0.253 e. The molecule has 2 heterocycles. The summed E-state index contributed by atoms with van der Waals surface area (Å²) in [4.78, 5) is 14.8. The van der Waals surface area contributed by atoms with Crippen molar-refractivity contribution in [3.63, 3.8) is 0 Å². The molecule has 1 spiro atoms. The number of benzene rings is 1. The van der Waals surface area contributed by atoms with Crippen molar-refractivity contribution in [2.75, 3.05) is 32.4 Å². The van der Waals surface area contributed by atoms with Gasteiger partial charge in [-0.3, -0.25) is 4.79 Å². The third kappa shape index (κ3) is 3.03. The predicted octanol–water partition coefficient (Wildman–Crippen LogP) is 1.31. The monoisotopic (exact) mass is 322 g/mol. The highest BCUT2D eigenvalue weighted by atomic mass is 32.2. The summed E-state index contributed by atoms with van der Waals surface area (Å²) >= 11 is 0. The number of piperidine rings is 1. The number of hydrogen-bond acceptors (Lipinski definition) is 4. The Labute approximate surface area is 131 Å². The molecular weight excluding hydrogens is 300 g/mol. The zero-order valence-corrected chi connectivity index (χ0v) is 13.7. The van der Waals surface area contributed by atoms with Crippen LogP contribution in [0.3, 0.4) is 0 Å². The zero-order valence-electron chi connectivity index (χ0n) is 12.8. The van der Waals surface area contributed by atoms with Crippen LogP contribution < -0.4 is 5.32 Å². The Hall–Kier alpha value is -1.40. The van der Waals surface area contributed by atoms with Gasteiger partial charge in [0.15, 0.2) is 9.84 Å². The average Bonchev–Trinajstić information content (AvgIpc) is 2.90. The fourth-order valence-electron chi connectivity index (χ4n) is 3.50. The Balaban J connectivity index is 1.72. The van der Waals surface area contributed by atoms with E-state index in [-0.39, 0.29) is 16.2 Å². The number of sulfone groups is 1. The van der Waals surface area contributed by atoms with Gasteiger partial charge < -0.3 is 10.2 Å². The van der Waals surface area contributed by atoms with E-state index in [1.807, 2.05) is 4.90 Å². The van der Waals surface area contributed by atoms with Gasteiger partial charge in [-0.1, -0.05) is 0 Å². The molecule has 1 N–H and O–H groups in total. The molecule has 0 aromatic heterocycles. The topological polar surface area (TPSA) is 66.5 Å². The average molecular weight is 322 g/mol. The van der Waals surface area contributed by atoms with E-state index in [9.17, 15) is 13.2 Å². The number of rotatable bonds is 2. The molecule has 0 saturated carbocycles. The quantitative estimate of drug-likeness (QED) is 0.891. The third-order valence-electron chi connectivity index (χ3n) is 4.92. The Morgan fingerprint density at radius 1 is 1.14 bits per heavy atom. The van der Waals surface area contributed by atoms with Crippen molar-refractivity contribution in [1.82, 2.24) is 10.2 Å². The van der Waals surface area contributed by atoms with Gasteiger partial charge in [0.2, 0.25) is 0 Å². The van der Waals surface area contributed by atoms with E-state index in [1.54, 1.807) is 12.1 Å². The first-order chi connectivity index (χ1) is 10.4. The number of carbonyl (C=O) groups is 1. The van der Waals surface area contributed by atoms with Crippen molar-refractivity contribution in [3.05, 3.63) is 29.8 Å². The number of nitrogens with one attached hydrogen (secondary N) is 1. The lowest BCUT2D eigenvalue weighted by molar-refractivity contribution is 0.0761. The van der Waals surface area contributed by atoms with Crippen LogP contribution in [0.4, 0.5) is 0 Å². The smallest absolute Gasteiger partial charge is 0.253 e. The summed E-state index contributed by atoms with van der Waals surface area (Å²) in [5.41, 5.74) is 0.853. The van der Waals surface area contributed by atoms with Gasteiger partial charge in [-0.15, -0.1) is 0 Å². The molecule has 1 aromatic carbocycles. The molecule has 0 radical (unpaired) electrons. The molecule has 2 fully saturated rings. The molecule has 3 rings (SSSR count). The highest BCUT2D eigenvalue weighted by molar-refractivity contribution is 7.90. The van der Waals surface area contributed by atoms with Crippen molar-refractivity contribution in [1.29, 1.82) is 0 Å². The number of hydrogen-bond donors (Lipinski definition) is 1. The van der Waals surface area contributed by atoms with Crippen LogP contribution in [0.25, 0.3) is 0 Å². The highest BCUT2D eigenvalue weighted by Gasteiger charge is 2.40. The van der Waals surface area contributed by atoms with Crippen molar-refractivity contribution in [2.45, 2.75) is 24.2 Å². The van der Waals surface area contributed by atoms with E-state index in [2.05, 4.69) is 5.32 Å². The lowest BCUT2D eigenvalue weighted by Gasteiger charge is -2.33. The molecule has 5 nitrogen and oxygen atoms in total. The summed E-state index contributed by atoms with van der Waals surface area (Å²) < 4.78 is 22.9. The number of likely N-dealkylation sites (tertiary alicyclic amines) is 1. The maximum atomic E-state index is 12.6. The summed E-state index contributed by atoms with van der Waals surface area (Å²) in [6.45, 7) is 3.68. The second-order valence-electron chi connectivity index (χ2n) is 6.52. The zero-order chi connectivity index (χ0) is 15.8. The predicted molar refractivity (Wildman–Crippen MR) is 84.6 cm³/mol. The second-order valence-corrected chi connectivity index (χ2v) is 8.54. The van der Waals surface area contributed by atoms with Gasteiger partial charge in [0, 0.05) is 24.9 Å². The first-order valence-corrected chi connectivity index (χ1v) is 9.59. The molecule has 120 valence electrons. The van der Waals surface area contributed by atoms with E-state index in [0.29, 0.717) is 5.56 Å². The molecule has 2 saturated heterocycles. The van der Waals surface area contributed by atoms with Crippen LogP contribution in [-0.2, 0) is 9.84 Å². The van der Waals surface area contributed by atoms with Crippen LogP contribution in [0, 0.1) is 5.41 Å². The molecule has 1 aromatic rings. The van der Waals surface area contributed by atoms with Crippen LogP contribution in [0.1, 0.15) is 29.6 Å². The van der Waals surface area contributed by atoms with Gasteiger partial charge in [0.1, 0.15) is 0 Å². The Bertz CT molecular complexity index is 661. The molecule has 1 amide bonds. The fourth-order valence-corrected chi connectivity index (χ4v) is 4.13. The second kappa shape index (κ2) is 5.66. The minimum absolute atomic E-state index is 0.00968. The fraction of sp³-hybridized carbons (Fsp3) is 0.562. The summed E-state index contributed by atoms with van der Waals surface area (Å²) in [6.07, 6.45) is 4.50. The van der Waals surface area contributed by atoms with E-state index in [0.717, 1.165) is 45.4 Å². The van der Waals surface area contributed by atoms with Crippen LogP contribution in [0.2, 0.25) is 0 Å². The summed E-state index contributed by atoms with van der Waals surface area (Å²) in [7, 11) is -3.22. The SMILES string of the molecule is CS(=O)(=O)c1ccc(C(=O)N2CCC3(CCNCC3)C2)cc1. The minimum atomic E-state index is -3.22. The summed E-state index contributed by atoms with van der Waals surface area (Å²) in [6, 6.07) is 6.26. The Morgan fingerprint density at radius 3 is 2.36 bits per heavy atom. The van der Waals surface area contributed by atoms with Gasteiger partial charge in [-0.05, 0) is 62.0 Å². The van der Waals surface area contributed by atoms with Crippen LogP contribution in [0.15, 0.2) is 29.2 Å². The largest absolute Gasteiger partial charge is 0.338 e. The number of nitrogens with zero attached hydrogens (tertiary/aromatic N) is 1. The molecule has 0 aliphatic carbocycles. The van der Waals surface area contributed by atoms with Gasteiger partial charge in [0.05, 0.1) is 4.90 Å². The standard InChI is InChI=1S/C16H22N2O3S/c1-22(20,21)14-4-2-13(3-5-14)15(19)18-11-8-16(12-18)6-9-17-10-7-16/h2-5,17H,6-12H2,1H3. The lowest BCUT2D eigenvalue weighted by atomic mass is 9.78. The van der Waals surface area contributed by atoms with Crippen LogP contribution >= 0.6 is 0 Å². The normalized spacial score (nSPS) is 21.2. The number of carbonyl (C=O) groups excluding carboxylic acids is 1. The minimum Gasteiger partial charge on any atom is -0.338 e. The van der Waals surface area contributed by atoms with E-state index >= 15 is 0 Å². The lowest BCUT2D eigenvalue weighted by Crippen LogP contribution is -2.39. The summed E-state index contributed by atoms with van der Waals surface area (Å²) in [5.74, 6) is 0.00968. The third-order valence-corrected chi connectivity index (χ3v) is 6.05. The van der Waals surface area contributed by atoms with Gasteiger partial charge in [-0.2, -0.15) is 0 Å². The summed E-state index contributed by atoms with van der Waals surface area (Å²) in [5, 5.41) is 3.37. The van der Waals surface area contributed by atoms with Gasteiger partial charge in [-0.25, -0.2) is 8.42 Å². The first-order valence-electron chi connectivity index (χ1n) is 7.70. The van der Waals surface area contributed by atoms with Crippen molar-refractivity contribution < 1.29 is 13.2 Å². The van der Waals surface area contributed by atoms with Gasteiger partial charge >= 0.3 is 0 Å². The first kappa shape index (κ1) is 15.5. The van der Waals surface area contributed by atoms with Gasteiger partial charge in [0.25, 0.3) is 5.91 Å². The van der Waals surface area contributed by atoms with Crippen LogP contribution in [-0.4, -0.2) is 51.7 Å². The molecule has 0 atom stereocenters. The highest BCUT2D eigenvalue weighted by Crippen LogP contribution is 2.39. The molecule has 2 aliphatic heterocycles. The molecule has 0 bridgehead atoms. The van der Waals surface area contributed by atoms with E-state index < -0.39 is 9.84 Å². The Morgan fingerprint density at radius 2 is 1.77 bits per heavy atom. The van der Waals surface area contributed by atoms with Crippen LogP contribution in [0.5, 0.6) is 0 Å². The molecular formula is C16H22N2O3S. The molecule has 22 heavy (non-hydrogen) atoms. The molecule has 2 aliphatic rings. The molecule has 6 heteroatoms. The Kier molecular flexibility index (Phi) is 3.99. The van der Waals surface area contributed by atoms with Crippen molar-refractivity contribution >= 4 is 15.7 Å². The maximum absolute atomic E-state index is 12.6. The molecule has 0 unspecified atom stereocenters. The van der Waals surface area contributed by atoms with Crippen molar-refractivity contribution in [3.8, 4) is 0 Å².